The summed E-state index contributed by atoms with van der Waals surface area (Å²) in [5.41, 5.74) is 2.99. The number of para-hydroxylation sites is 3. The van der Waals surface area contributed by atoms with Crippen molar-refractivity contribution in [1.29, 1.82) is 0 Å². The van der Waals surface area contributed by atoms with E-state index >= 15 is 0 Å². The van der Waals surface area contributed by atoms with Gasteiger partial charge < -0.3 is 15.3 Å². The number of amides is 1. The van der Waals surface area contributed by atoms with Crippen LogP contribution in [-0.4, -0.2) is 17.6 Å². The molecular formula is C15H13ClN2O2. The van der Waals surface area contributed by atoms with Crippen LogP contribution in [0.4, 0.5) is 17.1 Å². The first kappa shape index (κ1) is 13.0. The normalized spacial score (nSPS) is 13.9. The monoisotopic (exact) mass is 288 g/mol. The Morgan fingerprint density at radius 2 is 2.00 bits per heavy atom. The van der Waals surface area contributed by atoms with Gasteiger partial charge in [0.1, 0.15) is 6.54 Å². The molecular weight excluding hydrogens is 276 g/mol. The number of aliphatic hydroxyl groups excluding tert-OH is 1. The first-order valence-corrected chi connectivity index (χ1v) is 6.63. The van der Waals surface area contributed by atoms with Crippen molar-refractivity contribution in [2.45, 2.75) is 6.61 Å². The van der Waals surface area contributed by atoms with E-state index in [0.29, 0.717) is 16.3 Å². The first-order valence-electron chi connectivity index (χ1n) is 6.25. The molecule has 20 heavy (non-hydrogen) atoms. The van der Waals surface area contributed by atoms with Gasteiger partial charge >= 0.3 is 0 Å². The van der Waals surface area contributed by atoms with E-state index in [9.17, 15) is 9.90 Å². The van der Waals surface area contributed by atoms with Gasteiger partial charge in [-0.15, -0.1) is 0 Å². The number of hydrogen-bond acceptors (Lipinski definition) is 3. The lowest BCUT2D eigenvalue weighted by Gasteiger charge is -2.32. The lowest BCUT2D eigenvalue weighted by molar-refractivity contribution is -0.115. The second kappa shape index (κ2) is 5.15. The van der Waals surface area contributed by atoms with E-state index in [1.165, 1.54) is 0 Å². The quantitative estimate of drug-likeness (QED) is 0.893. The summed E-state index contributed by atoms with van der Waals surface area (Å²) >= 11 is 6.27. The highest BCUT2D eigenvalue weighted by molar-refractivity contribution is 6.33. The smallest absolute Gasteiger partial charge is 0.244 e. The molecule has 102 valence electrons. The molecule has 1 heterocycles. The van der Waals surface area contributed by atoms with E-state index in [1.807, 2.05) is 29.2 Å². The molecule has 5 heteroatoms. The van der Waals surface area contributed by atoms with Crippen LogP contribution in [0.3, 0.4) is 0 Å². The Labute approximate surface area is 121 Å². The average molecular weight is 289 g/mol. The maximum atomic E-state index is 11.9. The second-order valence-electron chi connectivity index (χ2n) is 4.56. The standard InChI is InChI=1S/C15H13ClN2O2/c16-11-5-3-4-10(9-19)15(11)18-8-14(20)17-12-6-1-2-7-13(12)18/h1-7,19H,8-9H2,(H,17,20). The summed E-state index contributed by atoms with van der Waals surface area (Å²) in [7, 11) is 0. The second-order valence-corrected chi connectivity index (χ2v) is 4.96. The van der Waals surface area contributed by atoms with Crippen molar-refractivity contribution in [2.24, 2.45) is 0 Å². The molecule has 2 aromatic rings. The number of aliphatic hydroxyl groups is 1. The highest BCUT2D eigenvalue weighted by Gasteiger charge is 2.25. The van der Waals surface area contributed by atoms with Crippen molar-refractivity contribution >= 4 is 34.6 Å². The Balaban J connectivity index is 2.18. The fourth-order valence-corrected chi connectivity index (χ4v) is 2.72. The van der Waals surface area contributed by atoms with E-state index in [0.717, 1.165) is 11.4 Å². The SMILES string of the molecule is O=C1CN(c2c(Cl)cccc2CO)c2ccccc2N1. The van der Waals surface area contributed by atoms with E-state index in [-0.39, 0.29) is 19.1 Å². The van der Waals surface area contributed by atoms with Crippen LogP contribution < -0.4 is 10.2 Å². The number of carbonyl (C=O) groups excluding carboxylic acids is 1. The molecule has 0 unspecified atom stereocenters. The maximum Gasteiger partial charge on any atom is 0.244 e. The highest BCUT2D eigenvalue weighted by atomic mass is 35.5. The number of carbonyl (C=O) groups is 1. The maximum absolute atomic E-state index is 11.9. The fourth-order valence-electron chi connectivity index (χ4n) is 2.42. The van der Waals surface area contributed by atoms with Gasteiger partial charge in [-0.2, -0.15) is 0 Å². The van der Waals surface area contributed by atoms with Crippen LogP contribution >= 0.6 is 11.6 Å². The molecule has 1 aliphatic rings. The molecule has 0 saturated carbocycles. The fraction of sp³-hybridized carbons (Fsp3) is 0.133. The van der Waals surface area contributed by atoms with Gasteiger partial charge in [-0.05, 0) is 18.2 Å². The Morgan fingerprint density at radius 1 is 1.20 bits per heavy atom. The molecule has 2 N–H and O–H groups in total. The number of halogens is 1. The van der Waals surface area contributed by atoms with Crippen molar-refractivity contribution in [3.63, 3.8) is 0 Å². The number of rotatable bonds is 2. The predicted molar refractivity (Wildman–Crippen MR) is 79.5 cm³/mol. The topological polar surface area (TPSA) is 52.6 Å². The summed E-state index contributed by atoms with van der Waals surface area (Å²) in [5, 5.41) is 12.8. The summed E-state index contributed by atoms with van der Waals surface area (Å²) in [6, 6.07) is 12.9. The molecule has 3 rings (SSSR count). The van der Waals surface area contributed by atoms with Crippen LogP contribution in [0, 0.1) is 0 Å². The van der Waals surface area contributed by atoms with Crippen LogP contribution in [0.2, 0.25) is 5.02 Å². The van der Waals surface area contributed by atoms with Crippen molar-refractivity contribution in [3.05, 3.63) is 53.1 Å². The van der Waals surface area contributed by atoms with Crippen LogP contribution in [0.5, 0.6) is 0 Å². The molecule has 0 spiro atoms. The largest absolute Gasteiger partial charge is 0.392 e. The van der Waals surface area contributed by atoms with E-state index in [1.54, 1.807) is 18.2 Å². The summed E-state index contributed by atoms with van der Waals surface area (Å²) in [6.45, 7) is 0.0456. The molecule has 0 aliphatic carbocycles. The molecule has 1 aliphatic heterocycles. The number of nitrogens with one attached hydrogen (secondary N) is 1. The van der Waals surface area contributed by atoms with E-state index < -0.39 is 0 Å². The zero-order valence-electron chi connectivity index (χ0n) is 10.6. The van der Waals surface area contributed by atoms with Gasteiger partial charge in [-0.1, -0.05) is 35.9 Å². The van der Waals surface area contributed by atoms with Gasteiger partial charge in [-0.25, -0.2) is 0 Å². The van der Waals surface area contributed by atoms with Gasteiger partial charge in [0.2, 0.25) is 5.91 Å². The Hall–Kier alpha value is -2.04. The molecule has 4 nitrogen and oxygen atoms in total. The number of hydrogen-bond donors (Lipinski definition) is 2. The van der Waals surface area contributed by atoms with E-state index in [2.05, 4.69) is 5.32 Å². The number of anilines is 3. The van der Waals surface area contributed by atoms with Crippen LogP contribution in [0.15, 0.2) is 42.5 Å². The van der Waals surface area contributed by atoms with Crippen molar-refractivity contribution in [1.82, 2.24) is 0 Å². The van der Waals surface area contributed by atoms with Gasteiger partial charge in [0, 0.05) is 5.56 Å². The third-order valence-electron chi connectivity index (χ3n) is 3.28. The summed E-state index contributed by atoms with van der Waals surface area (Å²) in [5.74, 6) is -0.104. The Bertz CT molecular complexity index is 673. The van der Waals surface area contributed by atoms with E-state index in [4.69, 9.17) is 11.6 Å². The number of fused-ring (bicyclic) bond motifs is 1. The molecule has 0 fully saturated rings. The third kappa shape index (κ3) is 2.13. The summed E-state index contributed by atoms with van der Waals surface area (Å²) < 4.78 is 0. The third-order valence-corrected chi connectivity index (χ3v) is 3.59. The average Bonchev–Trinajstić information content (AvgIpc) is 2.46. The molecule has 1 amide bonds. The summed E-state index contributed by atoms with van der Waals surface area (Å²) in [6.07, 6.45) is 0. The van der Waals surface area contributed by atoms with Crippen molar-refractivity contribution < 1.29 is 9.90 Å². The summed E-state index contributed by atoms with van der Waals surface area (Å²) in [4.78, 5) is 13.7. The van der Waals surface area contributed by atoms with Crippen molar-refractivity contribution in [3.8, 4) is 0 Å². The predicted octanol–water partition coefficient (Wildman–Crippen LogP) is 2.92. The lowest BCUT2D eigenvalue weighted by Crippen LogP contribution is -2.35. The minimum absolute atomic E-state index is 0.104. The van der Waals surface area contributed by atoms with Gasteiger partial charge in [-0.3, -0.25) is 4.79 Å². The molecule has 0 atom stereocenters. The molecule has 2 aromatic carbocycles. The molecule has 0 aromatic heterocycles. The highest BCUT2D eigenvalue weighted by Crippen LogP contribution is 2.40. The minimum atomic E-state index is -0.129. The van der Waals surface area contributed by atoms with Crippen molar-refractivity contribution in [2.75, 3.05) is 16.8 Å². The Morgan fingerprint density at radius 3 is 2.80 bits per heavy atom. The number of nitrogens with zero attached hydrogens (tertiary/aromatic N) is 1. The van der Waals surface area contributed by atoms with Gasteiger partial charge in [0.25, 0.3) is 0 Å². The molecule has 0 radical (unpaired) electrons. The van der Waals surface area contributed by atoms with Crippen LogP contribution in [0.1, 0.15) is 5.56 Å². The molecule has 0 bridgehead atoms. The van der Waals surface area contributed by atoms with Crippen LogP contribution in [0.25, 0.3) is 0 Å². The van der Waals surface area contributed by atoms with Gasteiger partial charge in [0.15, 0.2) is 0 Å². The molecule has 0 saturated heterocycles. The Kier molecular flexibility index (Phi) is 3.34. The zero-order chi connectivity index (χ0) is 14.1. The van der Waals surface area contributed by atoms with Crippen LogP contribution in [-0.2, 0) is 11.4 Å². The number of benzene rings is 2. The minimum Gasteiger partial charge on any atom is -0.392 e. The first-order chi connectivity index (χ1) is 9.70. The lowest BCUT2D eigenvalue weighted by atomic mass is 10.1. The zero-order valence-corrected chi connectivity index (χ0v) is 11.4. The van der Waals surface area contributed by atoms with Gasteiger partial charge in [0.05, 0.1) is 28.7 Å².